The van der Waals surface area contributed by atoms with E-state index in [0.29, 0.717) is 6.61 Å². The molecule has 0 heterocycles. The Labute approximate surface area is 75.4 Å². The fourth-order valence-corrected chi connectivity index (χ4v) is 0.974. The normalized spacial score (nSPS) is 9.92. The SMILES string of the molecule is C=CCCOC(C(=C)C)C(=C)C. The van der Waals surface area contributed by atoms with Crippen LogP contribution in [0.5, 0.6) is 0 Å². The largest absolute Gasteiger partial charge is 0.369 e. The van der Waals surface area contributed by atoms with Gasteiger partial charge >= 0.3 is 0 Å². The molecule has 1 heteroatoms. The Kier molecular flexibility index (Phi) is 5.39. The molecule has 0 aliphatic heterocycles. The van der Waals surface area contributed by atoms with E-state index in [-0.39, 0.29) is 6.10 Å². The maximum atomic E-state index is 5.54. The van der Waals surface area contributed by atoms with Gasteiger partial charge in [0.1, 0.15) is 0 Å². The molecule has 0 radical (unpaired) electrons. The minimum atomic E-state index is 0.00458. The minimum Gasteiger partial charge on any atom is -0.369 e. The molecule has 0 aliphatic carbocycles. The lowest BCUT2D eigenvalue weighted by Gasteiger charge is -2.17. The first-order valence-electron chi connectivity index (χ1n) is 4.13. The van der Waals surface area contributed by atoms with Crippen LogP contribution in [0.1, 0.15) is 20.3 Å². The lowest BCUT2D eigenvalue weighted by atomic mass is 10.1. The van der Waals surface area contributed by atoms with E-state index >= 15 is 0 Å². The molecule has 0 aliphatic rings. The Hall–Kier alpha value is -0.820. The Morgan fingerprint density at radius 3 is 2.17 bits per heavy atom. The van der Waals surface area contributed by atoms with Crippen molar-refractivity contribution in [3.05, 3.63) is 37.0 Å². The molecule has 1 nitrogen and oxygen atoms in total. The van der Waals surface area contributed by atoms with Crippen molar-refractivity contribution in [3.8, 4) is 0 Å². The second kappa shape index (κ2) is 5.78. The standard InChI is InChI=1S/C11H18O/c1-6-7-8-12-11(9(2)3)10(4)5/h6,11H,1-2,4,7-8H2,3,5H3. The molecule has 0 spiro atoms. The van der Waals surface area contributed by atoms with Crippen LogP contribution in [-0.2, 0) is 4.74 Å². The summed E-state index contributed by atoms with van der Waals surface area (Å²) in [4.78, 5) is 0. The maximum absolute atomic E-state index is 5.54. The molecule has 0 N–H and O–H groups in total. The van der Waals surface area contributed by atoms with Crippen LogP contribution in [0, 0.1) is 0 Å². The highest BCUT2D eigenvalue weighted by Gasteiger charge is 2.08. The summed E-state index contributed by atoms with van der Waals surface area (Å²) in [6, 6.07) is 0. The average Bonchev–Trinajstić information content (AvgIpc) is 1.96. The van der Waals surface area contributed by atoms with E-state index in [2.05, 4.69) is 19.7 Å². The Bertz CT molecular complexity index is 165. The molecule has 0 saturated heterocycles. The predicted molar refractivity (Wildman–Crippen MR) is 54.2 cm³/mol. The molecule has 0 saturated carbocycles. The number of rotatable bonds is 6. The van der Waals surface area contributed by atoms with Crippen molar-refractivity contribution in [1.29, 1.82) is 0 Å². The van der Waals surface area contributed by atoms with E-state index in [0.717, 1.165) is 17.6 Å². The molecule has 0 fully saturated rings. The van der Waals surface area contributed by atoms with Crippen molar-refractivity contribution >= 4 is 0 Å². The zero-order chi connectivity index (χ0) is 9.56. The molecule has 0 atom stereocenters. The molecule has 68 valence electrons. The first-order valence-corrected chi connectivity index (χ1v) is 4.13. The maximum Gasteiger partial charge on any atom is 0.0985 e. The summed E-state index contributed by atoms with van der Waals surface area (Å²) in [5, 5.41) is 0. The van der Waals surface area contributed by atoms with Crippen LogP contribution in [-0.4, -0.2) is 12.7 Å². The third kappa shape index (κ3) is 4.14. The van der Waals surface area contributed by atoms with Crippen LogP contribution < -0.4 is 0 Å². The summed E-state index contributed by atoms with van der Waals surface area (Å²) in [5.41, 5.74) is 2.01. The van der Waals surface area contributed by atoms with E-state index in [9.17, 15) is 0 Å². The van der Waals surface area contributed by atoms with E-state index in [1.165, 1.54) is 0 Å². The van der Waals surface area contributed by atoms with Crippen molar-refractivity contribution in [1.82, 2.24) is 0 Å². The van der Waals surface area contributed by atoms with Gasteiger partial charge in [-0.15, -0.1) is 6.58 Å². The van der Waals surface area contributed by atoms with Crippen molar-refractivity contribution in [2.24, 2.45) is 0 Å². The van der Waals surface area contributed by atoms with Crippen LogP contribution >= 0.6 is 0 Å². The monoisotopic (exact) mass is 166 g/mol. The van der Waals surface area contributed by atoms with E-state index < -0.39 is 0 Å². The highest BCUT2D eigenvalue weighted by atomic mass is 16.5. The molecule has 0 aromatic carbocycles. The lowest BCUT2D eigenvalue weighted by Crippen LogP contribution is -2.15. The van der Waals surface area contributed by atoms with Gasteiger partial charge in [-0.3, -0.25) is 0 Å². The molecule has 0 unspecified atom stereocenters. The second-order valence-electron chi connectivity index (χ2n) is 3.02. The van der Waals surface area contributed by atoms with Crippen molar-refractivity contribution < 1.29 is 4.74 Å². The van der Waals surface area contributed by atoms with Crippen molar-refractivity contribution in [3.63, 3.8) is 0 Å². The fraction of sp³-hybridized carbons (Fsp3) is 0.455. The zero-order valence-corrected chi connectivity index (χ0v) is 8.10. The number of hydrogen-bond donors (Lipinski definition) is 0. The van der Waals surface area contributed by atoms with Crippen molar-refractivity contribution in [2.45, 2.75) is 26.4 Å². The molecule has 0 amide bonds. The number of ether oxygens (including phenoxy) is 1. The smallest absolute Gasteiger partial charge is 0.0985 e. The summed E-state index contributed by atoms with van der Waals surface area (Å²) in [6.45, 7) is 15.9. The molecular weight excluding hydrogens is 148 g/mol. The van der Waals surface area contributed by atoms with Crippen LogP contribution in [0.2, 0.25) is 0 Å². The van der Waals surface area contributed by atoms with Gasteiger partial charge in [-0.05, 0) is 31.4 Å². The van der Waals surface area contributed by atoms with Gasteiger partial charge in [0.05, 0.1) is 12.7 Å². The molecule has 0 rings (SSSR count). The van der Waals surface area contributed by atoms with Crippen LogP contribution in [0.3, 0.4) is 0 Å². The third-order valence-electron chi connectivity index (χ3n) is 1.50. The summed E-state index contributed by atoms with van der Waals surface area (Å²) < 4.78 is 5.54. The van der Waals surface area contributed by atoms with E-state index in [1.807, 2.05) is 19.9 Å². The highest BCUT2D eigenvalue weighted by molar-refractivity contribution is 5.14. The van der Waals surface area contributed by atoms with Crippen LogP contribution in [0.4, 0.5) is 0 Å². The summed E-state index contributed by atoms with van der Waals surface area (Å²) >= 11 is 0. The Balaban J connectivity index is 3.88. The van der Waals surface area contributed by atoms with Gasteiger partial charge in [0, 0.05) is 0 Å². The highest BCUT2D eigenvalue weighted by Crippen LogP contribution is 2.12. The van der Waals surface area contributed by atoms with Gasteiger partial charge in [-0.25, -0.2) is 0 Å². The molecule has 0 bridgehead atoms. The minimum absolute atomic E-state index is 0.00458. The van der Waals surface area contributed by atoms with Gasteiger partial charge in [0.2, 0.25) is 0 Å². The molecule has 0 aromatic heterocycles. The fourth-order valence-electron chi connectivity index (χ4n) is 0.974. The molecular formula is C11H18O. The lowest BCUT2D eigenvalue weighted by molar-refractivity contribution is 0.105. The molecule has 0 aromatic rings. The second-order valence-corrected chi connectivity index (χ2v) is 3.02. The van der Waals surface area contributed by atoms with Gasteiger partial charge < -0.3 is 4.74 Å². The molecule has 12 heavy (non-hydrogen) atoms. The van der Waals surface area contributed by atoms with E-state index in [1.54, 1.807) is 0 Å². The Morgan fingerprint density at radius 2 is 1.83 bits per heavy atom. The average molecular weight is 166 g/mol. The summed E-state index contributed by atoms with van der Waals surface area (Å²) in [6.07, 6.45) is 2.72. The zero-order valence-electron chi connectivity index (χ0n) is 8.10. The predicted octanol–water partition coefficient (Wildman–Crippen LogP) is 3.10. The first kappa shape index (κ1) is 11.2. The Morgan fingerprint density at radius 1 is 1.33 bits per heavy atom. The van der Waals surface area contributed by atoms with Crippen molar-refractivity contribution in [2.75, 3.05) is 6.61 Å². The summed E-state index contributed by atoms with van der Waals surface area (Å²) in [7, 11) is 0. The first-order chi connectivity index (χ1) is 5.59. The number of hydrogen-bond acceptors (Lipinski definition) is 1. The van der Waals surface area contributed by atoms with Crippen LogP contribution in [0.15, 0.2) is 37.0 Å². The van der Waals surface area contributed by atoms with E-state index in [4.69, 9.17) is 4.74 Å². The third-order valence-corrected chi connectivity index (χ3v) is 1.50. The van der Waals surface area contributed by atoms with Gasteiger partial charge in [0.15, 0.2) is 0 Å². The summed E-state index contributed by atoms with van der Waals surface area (Å²) in [5.74, 6) is 0. The topological polar surface area (TPSA) is 9.23 Å². The van der Waals surface area contributed by atoms with Gasteiger partial charge in [-0.2, -0.15) is 0 Å². The van der Waals surface area contributed by atoms with Gasteiger partial charge in [-0.1, -0.05) is 19.2 Å². The van der Waals surface area contributed by atoms with Gasteiger partial charge in [0.25, 0.3) is 0 Å². The van der Waals surface area contributed by atoms with Crippen LogP contribution in [0.25, 0.3) is 0 Å². The quantitative estimate of drug-likeness (QED) is 0.435.